The van der Waals surface area contributed by atoms with Crippen molar-refractivity contribution in [2.75, 3.05) is 38.5 Å². The van der Waals surface area contributed by atoms with E-state index in [9.17, 15) is 22.4 Å². The lowest BCUT2D eigenvalue weighted by Gasteiger charge is -2.25. The summed E-state index contributed by atoms with van der Waals surface area (Å²) in [6.07, 6.45) is 4.69. The lowest BCUT2D eigenvalue weighted by atomic mass is 9.93. The summed E-state index contributed by atoms with van der Waals surface area (Å²) < 4.78 is 48.6. The Kier molecular flexibility index (Phi) is 8.05. The van der Waals surface area contributed by atoms with Crippen LogP contribution >= 0.6 is 0 Å². The number of hydrogen-bond acceptors (Lipinski definition) is 6. The smallest absolute Gasteiger partial charge is 0.324 e. The first kappa shape index (κ1) is 24.9. The summed E-state index contributed by atoms with van der Waals surface area (Å²) in [5.74, 6) is -0.0837. The summed E-state index contributed by atoms with van der Waals surface area (Å²) in [4.78, 5) is 24.2. The van der Waals surface area contributed by atoms with Crippen LogP contribution in [0.25, 0.3) is 0 Å². The molecule has 1 saturated carbocycles. The highest BCUT2D eigenvalue weighted by Gasteiger charge is 2.31. The van der Waals surface area contributed by atoms with Crippen LogP contribution in [0.5, 0.6) is 5.75 Å². The van der Waals surface area contributed by atoms with Gasteiger partial charge in [-0.05, 0) is 74.7 Å². The molecule has 0 radical (unpaired) electrons. The van der Waals surface area contributed by atoms with E-state index < -0.39 is 27.9 Å². The molecule has 11 heteroatoms. The third kappa shape index (κ3) is 6.89. The molecule has 1 aromatic carbocycles. The zero-order chi connectivity index (χ0) is 24.1. The maximum Gasteiger partial charge on any atom is 0.324 e. The topological polar surface area (TPSA) is 117 Å². The maximum absolute atomic E-state index is 14.3. The molecule has 3 aliphatic rings. The molecule has 3 N–H and O–H groups in total. The molecule has 2 heterocycles. The quantitative estimate of drug-likeness (QED) is 0.284. The van der Waals surface area contributed by atoms with Crippen molar-refractivity contribution in [2.24, 2.45) is 11.8 Å². The van der Waals surface area contributed by atoms with Crippen LogP contribution in [0.15, 0.2) is 18.2 Å². The molecule has 0 aromatic heterocycles. The van der Waals surface area contributed by atoms with Gasteiger partial charge in [-0.2, -0.15) is 0 Å². The van der Waals surface area contributed by atoms with Crippen molar-refractivity contribution in [1.29, 1.82) is 0 Å². The Balaban J connectivity index is 1.33. The van der Waals surface area contributed by atoms with Gasteiger partial charge in [0.25, 0.3) is 0 Å². The van der Waals surface area contributed by atoms with Gasteiger partial charge >= 0.3 is 6.03 Å². The van der Waals surface area contributed by atoms with Crippen LogP contribution in [-0.2, 0) is 14.8 Å². The minimum absolute atomic E-state index is 0.0407. The second kappa shape index (κ2) is 11.0. The zero-order valence-electron chi connectivity index (χ0n) is 19.2. The fourth-order valence-electron chi connectivity index (χ4n) is 4.40. The summed E-state index contributed by atoms with van der Waals surface area (Å²) >= 11 is 0. The predicted octanol–water partition coefficient (Wildman–Crippen LogP) is 1.91. The van der Waals surface area contributed by atoms with Gasteiger partial charge < -0.3 is 15.0 Å². The third-order valence-corrected chi connectivity index (χ3v) is 8.01. The number of nitrogens with one attached hydrogen (secondary N) is 3. The first-order valence-corrected chi connectivity index (χ1v) is 13.7. The van der Waals surface area contributed by atoms with Crippen LogP contribution in [0.1, 0.15) is 50.1 Å². The van der Waals surface area contributed by atoms with E-state index in [1.165, 1.54) is 11.0 Å². The number of hydrogen-bond donors (Lipinski definition) is 3. The molecular weight excluding hydrogens is 463 g/mol. The normalized spacial score (nSPS) is 21.7. The maximum atomic E-state index is 14.3. The van der Waals surface area contributed by atoms with E-state index in [4.69, 9.17) is 4.74 Å². The number of nitrogens with zero attached hydrogens (tertiary/aromatic N) is 1. The number of rotatable bonds is 13. The summed E-state index contributed by atoms with van der Waals surface area (Å²) in [5, 5.41) is 5.50. The number of urea groups is 1. The van der Waals surface area contributed by atoms with Gasteiger partial charge in [0, 0.05) is 6.54 Å². The van der Waals surface area contributed by atoms with Gasteiger partial charge in [0.05, 0.1) is 18.4 Å². The van der Waals surface area contributed by atoms with E-state index in [1.807, 2.05) is 0 Å². The van der Waals surface area contributed by atoms with Crippen LogP contribution in [0.4, 0.5) is 9.18 Å². The van der Waals surface area contributed by atoms with Crippen LogP contribution in [-0.4, -0.2) is 63.8 Å². The van der Waals surface area contributed by atoms with Crippen molar-refractivity contribution in [3.63, 3.8) is 0 Å². The average Bonchev–Trinajstić information content (AvgIpc) is 3.34. The van der Waals surface area contributed by atoms with Gasteiger partial charge in [0.1, 0.15) is 6.54 Å². The summed E-state index contributed by atoms with van der Waals surface area (Å²) in [6, 6.07) is 3.74. The number of imide groups is 1. The van der Waals surface area contributed by atoms with E-state index in [0.29, 0.717) is 50.4 Å². The van der Waals surface area contributed by atoms with Crippen LogP contribution in [0.3, 0.4) is 0 Å². The molecule has 1 aromatic rings. The average molecular weight is 497 g/mol. The van der Waals surface area contributed by atoms with Crippen LogP contribution < -0.4 is 20.1 Å². The molecule has 0 bridgehead atoms. The van der Waals surface area contributed by atoms with Gasteiger partial charge in [-0.25, -0.2) is 22.3 Å². The Hall–Kier alpha value is -2.24. The number of carbonyl (C=O) groups is 2. The first-order chi connectivity index (χ1) is 16.3. The second-order valence-electron chi connectivity index (χ2n) is 9.45. The van der Waals surface area contributed by atoms with Gasteiger partial charge in [0.15, 0.2) is 11.6 Å². The van der Waals surface area contributed by atoms with Crippen molar-refractivity contribution in [3.8, 4) is 5.75 Å². The highest BCUT2D eigenvalue weighted by molar-refractivity contribution is 7.89. The molecule has 0 spiro atoms. The van der Waals surface area contributed by atoms with Crippen molar-refractivity contribution in [1.82, 2.24) is 20.3 Å². The zero-order valence-corrected chi connectivity index (χ0v) is 20.0. The van der Waals surface area contributed by atoms with Crippen molar-refractivity contribution < 1.29 is 27.1 Å². The molecule has 3 fully saturated rings. The van der Waals surface area contributed by atoms with Gasteiger partial charge in [-0.1, -0.05) is 12.5 Å². The number of halogens is 1. The van der Waals surface area contributed by atoms with Crippen molar-refractivity contribution >= 4 is 22.0 Å². The van der Waals surface area contributed by atoms with E-state index >= 15 is 0 Å². The molecule has 1 aliphatic carbocycles. The van der Waals surface area contributed by atoms with Gasteiger partial charge in [-0.3, -0.25) is 10.1 Å². The predicted molar refractivity (Wildman–Crippen MR) is 124 cm³/mol. The molecule has 188 valence electrons. The molecule has 1 unspecified atom stereocenters. The number of ether oxygens (including phenoxy) is 1. The SMILES string of the molecule is O=C1CN(CCCCCS(=O)(=O)N[C@@H](c2ccc(F)c(OCC3CC3)c2)C2CCNC2)C(=O)N1. The first-order valence-electron chi connectivity index (χ1n) is 12.0. The van der Waals surface area contributed by atoms with Crippen molar-refractivity contribution in [2.45, 2.75) is 44.6 Å². The summed E-state index contributed by atoms with van der Waals surface area (Å²) in [5.41, 5.74) is 0.703. The van der Waals surface area contributed by atoms with Gasteiger partial charge in [0.2, 0.25) is 15.9 Å². The number of carbonyl (C=O) groups excluding carboxylic acids is 2. The Morgan fingerprint density at radius 2 is 2.00 bits per heavy atom. The number of unbranched alkanes of at least 4 members (excludes halogenated alkanes) is 2. The van der Waals surface area contributed by atoms with E-state index in [0.717, 1.165) is 25.8 Å². The highest BCUT2D eigenvalue weighted by Crippen LogP contribution is 2.33. The number of amides is 3. The number of sulfonamides is 1. The second-order valence-corrected chi connectivity index (χ2v) is 11.3. The fraction of sp³-hybridized carbons (Fsp3) is 0.652. The van der Waals surface area contributed by atoms with Gasteiger partial charge in [-0.15, -0.1) is 0 Å². The molecule has 2 atom stereocenters. The largest absolute Gasteiger partial charge is 0.490 e. The molecule has 4 rings (SSSR count). The molecule has 2 saturated heterocycles. The highest BCUT2D eigenvalue weighted by atomic mass is 32.2. The molecule has 2 aliphatic heterocycles. The minimum atomic E-state index is -3.58. The van der Waals surface area contributed by atoms with Crippen LogP contribution in [0.2, 0.25) is 0 Å². The Morgan fingerprint density at radius 1 is 1.18 bits per heavy atom. The lowest BCUT2D eigenvalue weighted by Crippen LogP contribution is -2.36. The Morgan fingerprint density at radius 3 is 2.68 bits per heavy atom. The lowest BCUT2D eigenvalue weighted by molar-refractivity contribution is -0.118. The molecule has 9 nitrogen and oxygen atoms in total. The number of benzene rings is 1. The van der Waals surface area contributed by atoms with E-state index in [1.54, 1.807) is 12.1 Å². The fourth-order valence-corrected chi connectivity index (χ4v) is 5.82. The monoisotopic (exact) mass is 496 g/mol. The third-order valence-electron chi connectivity index (χ3n) is 6.57. The summed E-state index contributed by atoms with van der Waals surface area (Å²) in [6.45, 7) is 2.44. The van der Waals surface area contributed by atoms with Crippen LogP contribution in [0, 0.1) is 17.7 Å². The molecular formula is C23H33FN4O5S. The van der Waals surface area contributed by atoms with E-state index in [-0.39, 0.29) is 29.9 Å². The molecule has 3 amide bonds. The molecule has 34 heavy (non-hydrogen) atoms. The standard InChI is InChI=1S/C23H33FN4O5S/c24-19-7-6-17(12-20(19)33-15-16-4-5-16)22(18-8-9-25-13-18)27-34(31,32)11-3-1-2-10-28-14-21(29)26-23(28)30/h6-7,12,16,18,22,25,27H,1-5,8-11,13-15H2,(H,26,29,30)/t18?,22-/m0/s1. The Labute approximate surface area is 199 Å². The van der Waals surface area contributed by atoms with Crippen molar-refractivity contribution in [3.05, 3.63) is 29.6 Å². The van der Waals surface area contributed by atoms with E-state index in [2.05, 4.69) is 15.4 Å². The Bertz CT molecular complexity index is 995. The minimum Gasteiger partial charge on any atom is -0.490 e. The summed E-state index contributed by atoms with van der Waals surface area (Å²) in [7, 11) is -3.58.